The number of aliphatic hydroxyl groups is 2. The number of carbonyl (C=O) groups excluding carboxylic acids is 1. The molecule has 2 N–H and O–H groups in total. The van der Waals surface area contributed by atoms with Crippen molar-refractivity contribution < 1.29 is 19.7 Å². The largest absolute Gasteiger partial charge is 0.393 e. The molecule has 4 nitrogen and oxygen atoms in total. The number of aliphatic hydroxyl groups excluding tert-OH is 2. The zero-order chi connectivity index (χ0) is 13.4. The van der Waals surface area contributed by atoms with Crippen LogP contribution in [-0.2, 0) is 9.53 Å². The third-order valence-corrected chi connectivity index (χ3v) is 5.20. The Morgan fingerprint density at radius 2 is 1.58 bits per heavy atom. The lowest BCUT2D eigenvalue weighted by Crippen LogP contribution is -2.48. The summed E-state index contributed by atoms with van der Waals surface area (Å²) in [4.78, 5) is 12.2. The standard InChI is InChI=1S/C15H24O4/c16-10-3-1-9(2-4-10)14-8-13(18)12-6-5-11(17)7-15(12)19-14/h9-12,14-17H,1-8H2. The zero-order valence-electron chi connectivity index (χ0n) is 11.3. The monoisotopic (exact) mass is 268 g/mol. The summed E-state index contributed by atoms with van der Waals surface area (Å²) in [5.41, 5.74) is 0. The summed E-state index contributed by atoms with van der Waals surface area (Å²) >= 11 is 0. The highest BCUT2D eigenvalue weighted by molar-refractivity contribution is 5.82. The minimum absolute atomic E-state index is 0.0200. The van der Waals surface area contributed by atoms with Crippen LogP contribution in [0.15, 0.2) is 0 Å². The number of hydrogen-bond donors (Lipinski definition) is 2. The first-order chi connectivity index (χ1) is 9.13. The summed E-state index contributed by atoms with van der Waals surface area (Å²) in [5, 5.41) is 19.3. The van der Waals surface area contributed by atoms with Crippen molar-refractivity contribution in [1.29, 1.82) is 0 Å². The van der Waals surface area contributed by atoms with E-state index in [0.29, 0.717) is 24.5 Å². The first-order valence-corrected chi connectivity index (χ1v) is 7.68. The molecular formula is C15H24O4. The highest BCUT2D eigenvalue weighted by atomic mass is 16.5. The molecule has 0 amide bonds. The van der Waals surface area contributed by atoms with E-state index in [-0.39, 0.29) is 30.3 Å². The van der Waals surface area contributed by atoms with Crippen LogP contribution in [0.25, 0.3) is 0 Å². The summed E-state index contributed by atoms with van der Waals surface area (Å²) in [6.45, 7) is 0. The van der Waals surface area contributed by atoms with Crippen molar-refractivity contribution in [2.45, 2.75) is 75.8 Å². The fourth-order valence-electron chi connectivity index (χ4n) is 4.00. The van der Waals surface area contributed by atoms with Gasteiger partial charge in [-0.25, -0.2) is 0 Å². The van der Waals surface area contributed by atoms with Gasteiger partial charge in [-0.15, -0.1) is 0 Å². The van der Waals surface area contributed by atoms with Gasteiger partial charge in [0, 0.05) is 18.8 Å². The highest BCUT2D eigenvalue weighted by Gasteiger charge is 2.43. The van der Waals surface area contributed by atoms with Crippen LogP contribution in [0, 0.1) is 11.8 Å². The van der Waals surface area contributed by atoms with E-state index in [4.69, 9.17) is 4.74 Å². The average molecular weight is 268 g/mol. The van der Waals surface area contributed by atoms with Gasteiger partial charge < -0.3 is 14.9 Å². The van der Waals surface area contributed by atoms with Gasteiger partial charge in [-0.2, -0.15) is 0 Å². The molecule has 4 atom stereocenters. The van der Waals surface area contributed by atoms with Gasteiger partial charge in [0.25, 0.3) is 0 Å². The Labute approximate surface area is 114 Å². The van der Waals surface area contributed by atoms with E-state index in [1.807, 2.05) is 0 Å². The SMILES string of the molecule is O=C1CC(C2CCC(O)CC2)OC2CC(O)CCC12. The van der Waals surface area contributed by atoms with Gasteiger partial charge in [-0.1, -0.05) is 0 Å². The molecule has 0 aromatic heterocycles. The van der Waals surface area contributed by atoms with Gasteiger partial charge in [-0.3, -0.25) is 4.79 Å². The van der Waals surface area contributed by atoms with E-state index in [1.54, 1.807) is 0 Å². The summed E-state index contributed by atoms with van der Waals surface area (Å²) in [5.74, 6) is 0.764. The van der Waals surface area contributed by atoms with Gasteiger partial charge in [0.05, 0.1) is 24.4 Å². The van der Waals surface area contributed by atoms with E-state index in [9.17, 15) is 15.0 Å². The predicted molar refractivity (Wildman–Crippen MR) is 69.6 cm³/mol. The van der Waals surface area contributed by atoms with E-state index >= 15 is 0 Å². The lowest BCUT2D eigenvalue weighted by Gasteiger charge is -2.43. The highest BCUT2D eigenvalue weighted by Crippen LogP contribution is 2.39. The summed E-state index contributed by atoms with van der Waals surface area (Å²) in [7, 11) is 0. The van der Waals surface area contributed by atoms with Gasteiger partial charge in [0.15, 0.2) is 0 Å². The smallest absolute Gasteiger partial charge is 0.141 e. The molecule has 2 aliphatic carbocycles. The first-order valence-electron chi connectivity index (χ1n) is 7.68. The van der Waals surface area contributed by atoms with Crippen LogP contribution in [-0.4, -0.2) is 40.4 Å². The molecule has 4 heteroatoms. The van der Waals surface area contributed by atoms with Crippen molar-refractivity contribution >= 4 is 5.78 Å². The van der Waals surface area contributed by atoms with Crippen molar-refractivity contribution in [1.82, 2.24) is 0 Å². The number of hydrogen-bond acceptors (Lipinski definition) is 4. The summed E-state index contributed by atoms with van der Waals surface area (Å²) in [6.07, 6.45) is 5.72. The third-order valence-electron chi connectivity index (χ3n) is 5.20. The van der Waals surface area contributed by atoms with Crippen LogP contribution in [0.3, 0.4) is 0 Å². The number of ether oxygens (including phenoxy) is 1. The second-order valence-corrected chi connectivity index (χ2v) is 6.53. The van der Waals surface area contributed by atoms with Crippen molar-refractivity contribution in [3.63, 3.8) is 0 Å². The minimum Gasteiger partial charge on any atom is -0.393 e. The Hall–Kier alpha value is -0.450. The Bertz CT molecular complexity index is 335. The molecule has 1 saturated heterocycles. The quantitative estimate of drug-likeness (QED) is 0.755. The summed E-state index contributed by atoms with van der Waals surface area (Å²) in [6, 6.07) is 0. The van der Waals surface area contributed by atoms with Gasteiger partial charge in [0.1, 0.15) is 5.78 Å². The molecule has 0 aromatic carbocycles. The molecule has 1 heterocycles. The van der Waals surface area contributed by atoms with Gasteiger partial charge >= 0.3 is 0 Å². The average Bonchev–Trinajstić information content (AvgIpc) is 2.38. The Morgan fingerprint density at radius 3 is 2.32 bits per heavy atom. The molecule has 0 radical (unpaired) electrons. The van der Waals surface area contributed by atoms with E-state index in [1.165, 1.54) is 0 Å². The predicted octanol–water partition coefficient (Wildman–Crippen LogP) is 1.43. The molecule has 0 aromatic rings. The molecule has 0 spiro atoms. The Morgan fingerprint density at radius 1 is 0.895 bits per heavy atom. The zero-order valence-corrected chi connectivity index (χ0v) is 11.3. The van der Waals surface area contributed by atoms with E-state index < -0.39 is 0 Å². The van der Waals surface area contributed by atoms with Crippen molar-refractivity contribution in [3.8, 4) is 0 Å². The number of Topliss-reactive ketones (excluding diaryl/α,β-unsaturated/α-hetero) is 1. The second kappa shape index (κ2) is 5.51. The van der Waals surface area contributed by atoms with Crippen molar-refractivity contribution in [2.24, 2.45) is 11.8 Å². The van der Waals surface area contributed by atoms with E-state index in [0.717, 1.165) is 38.5 Å². The van der Waals surface area contributed by atoms with Crippen molar-refractivity contribution in [3.05, 3.63) is 0 Å². The molecule has 3 rings (SSSR count). The fraction of sp³-hybridized carbons (Fsp3) is 0.933. The van der Waals surface area contributed by atoms with Crippen LogP contribution in [0.1, 0.15) is 51.4 Å². The number of ketones is 1. The van der Waals surface area contributed by atoms with Crippen LogP contribution >= 0.6 is 0 Å². The number of rotatable bonds is 1. The topological polar surface area (TPSA) is 66.8 Å². The molecular weight excluding hydrogens is 244 g/mol. The molecule has 4 unspecified atom stereocenters. The third kappa shape index (κ3) is 2.86. The Balaban J connectivity index is 1.63. The van der Waals surface area contributed by atoms with Crippen LogP contribution in [0.5, 0.6) is 0 Å². The second-order valence-electron chi connectivity index (χ2n) is 6.53. The molecule has 3 fully saturated rings. The van der Waals surface area contributed by atoms with Crippen molar-refractivity contribution in [2.75, 3.05) is 0 Å². The first kappa shape index (κ1) is 13.5. The lowest BCUT2D eigenvalue weighted by atomic mass is 9.75. The van der Waals surface area contributed by atoms with Gasteiger partial charge in [-0.05, 0) is 44.4 Å². The maximum Gasteiger partial charge on any atom is 0.141 e. The lowest BCUT2D eigenvalue weighted by molar-refractivity contribution is -0.165. The maximum atomic E-state index is 12.2. The van der Waals surface area contributed by atoms with Gasteiger partial charge in [0.2, 0.25) is 0 Å². The molecule has 108 valence electrons. The maximum absolute atomic E-state index is 12.2. The fourth-order valence-corrected chi connectivity index (χ4v) is 4.00. The molecule has 2 saturated carbocycles. The Kier molecular flexibility index (Phi) is 3.92. The molecule has 19 heavy (non-hydrogen) atoms. The van der Waals surface area contributed by atoms with Crippen LogP contribution in [0.4, 0.5) is 0 Å². The molecule has 0 bridgehead atoms. The molecule has 1 aliphatic heterocycles. The number of carbonyl (C=O) groups is 1. The minimum atomic E-state index is -0.305. The normalized spacial score (nSPS) is 47.8. The molecule has 3 aliphatic rings. The van der Waals surface area contributed by atoms with E-state index in [2.05, 4.69) is 0 Å². The number of fused-ring (bicyclic) bond motifs is 1. The van der Waals surface area contributed by atoms with Crippen LogP contribution < -0.4 is 0 Å². The van der Waals surface area contributed by atoms with Crippen LogP contribution in [0.2, 0.25) is 0 Å². The summed E-state index contributed by atoms with van der Waals surface area (Å²) < 4.78 is 6.14.